The molecule has 1 fully saturated rings. The van der Waals surface area contributed by atoms with Crippen molar-refractivity contribution in [3.63, 3.8) is 0 Å². The van der Waals surface area contributed by atoms with Gasteiger partial charge in [0.15, 0.2) is 0 Å². The van der Waals surface area contributed by atoms with Crippen molar-refractivity contribution in [2.75, 3.05) is 0 Å². The highest BCUT2D eigenvalue weighted by molar-refractivity contribution is 7.20. The molecule has 0 radical (unpaired) electrons. The Hall–Kier alpha value is 0.200. The number of halogens is 2. The lowest BCUT2D eigenvalue weighted by Gasteiger charge is -2.30. The van der Waals surface area contributed by atoms with Gasteiger partial charge in [-0.3, -0.25) is 0 Å². The number of ether oxygens (including phenoxy) is 1. The minimum atomic E-state index is -0.249. The summed E-state index contributed by atoms with van der Waals surface area (Å²) >= 11 is 13.6. The van der Waals surface area contributed by atoms with Gasteiger partial charge in [-0.05, 0) is 40.2 Å². The van der Waals surface area contributed by atoms with E-state index in [9.17, 15) is 0 Å². The van der Waals surface area contributed by atoms with E-state index in [0.29, 0.717) is 8.67 Å². The highest BCUT2D eigenvalue weighted by Crippen LogP contribution is 2.49. The van der Waals surface area contributed by atoms with Crippen molar-refractivity contribution in [3.05, 3.63) is 20.3 Å². The van der Waals surface area contributed by atoms with Crippen LogP contribution in [0.25, 0.3) is 0 Å². The van der Waals surface area contributed by atoms with Gasteiger partial charge < -0.3 is 10.5 Å². The summed E-state index contributed by atoms with van der Waals surface area (Å²) in [5, 5.41) is 0. The highest BCUT2D eigenvalue weighted by atomic mass is 35.5. The van der Waals surface area contributed by atoms with Gasteiger partial charge in [-0.25, -0.2) is 0 Å². The van der Waals surface area contributed by atoms with E-state index in [-0.39, 0.29) is 23.2 Å². The molecule has 2 nitrogen and oxygen atoms in total. The predicted molar refractivity (Wildman–Crippen MR) is 78.6 cm³/mol. The van der Waals surface area contributed by atoms with E-state index in [2.05, 4.69) is 27.7 Å². The maximum atomic E-state index is 6.39. The molecular formula is C13H19Cl2NOS. The number of nitrogens with two attached hydrogens (primary N) is 1. The van der Waals surface area contributed by atoms with Crippen LogP contribution in [0.2, 0.25) is 8.67 Å². The summed E-state index contributed by atoms with van der Waals surface area (Å²) in [5.74, 6) is 0.232. The lowest BCUT2D eigenvalue weighted by Crippen LogP contribution is -2.35. The van der Waals surface area contributed by atoms with Crippen LogP contribution in [0.3, 0.4) is 0 Å². The molecule has 0 aliphatic carbocycles. The second kappa shape index (κ2) is 4.64. The molecule has 1 aromatic rings. The number of hydrogen-bond donors (Lipinski definition) is 1. The first kappa shape index (κ1) is 14.6. The molecular weight excluding hydrogens is 289 g/mol. The van der Waals surface area contributed by atoms with E-state index in [1.807, 2.05) is 6.07 Å². The van der Waals surface area contributed by atoms with Crippen LogP contribution in [0.15, 0.2) is 6.07 Å². The molecule has 2 heterocycles. The molecule has 5 heteroatoms. The third-order valence-electron chi connectivity index (χ3n) is 3.62. The van der Waals surface area contributed by atoms with Crippen molar-refractivity contribution in [2.24, 2.45) is 11.7 Å². The van der Waals surface area contributed by atoms with E-state index in [0.717, 1.165) is 12.0 Å². The topological polar surface area (TPSA) is 35.2 Å². The zero-order chi connectivity index (χ0) is 13.7. The van der Waals surface area contributed by atoms with Gasteiger partial charge >= 0.3 is 0 Å². The minimum Gasteiger partial charge on any atom is -0.369 e. The fourth-order valence-electron chi connectivity index (χ4n) is 2.96. The number of rotatable bonds is 2. The molecule has 2 N–H and O–H groups in total. The van der Waals surface area contributed by atoms with Gasteiger partial charge in [0.25, 0.3) is 0 Å². The highest BCUT2D eigenvalue weighted by Gasteiger charge is 2.48. The standard InChI is InChI=1S/C13H19Cl2NOS/c1-12(2)6-8(13(3,4)17-12)10(16)7-5-9(14)18-11(7)15/h5,8,10H,6,16H2,1-4H3. The van der Waals surface area contributed by atoms with Crippen molar-refractivity contribution in [1.82, 2.24) is 0 Å². The van der Waals surface area contributed by atoms with E-state index >= 15 is 0 Å². The normalized spacial score (nSPS) is 27.4. The molecule has 0 saturated carbocycles. The quantitative estimate of drug-likeness (QED) is 0.863. The van der Waals surface area contributed by atoms with Crippen LogP contribution in [0.4, 0.5) is 0 Å². The maximum Gasteiger partial charge on any atom is 0.0992 e. The molecule has 0 aromatic carbocycles. The van der Waals surface area contributed by atoms with Gasteiger partial charge in [0, 0.05) is 17.5 Å². The minimum absolute atomic E-state index is 0.141. The third kappa shape index (κ3) is 2.70. The SMILES string of the molecule is CC1(C)CC(C(N)c2cc(Cl)sc2Cl)C(C)(C)O1. The Morgan fingerprint density at radius 3 is 2.39 bits per heavy atom. The average Bonchev–Trinajstić information content (AvgIpc) is 2.61. The zero-order valence-corrected chi connectivity index (χ0v) is 13.4. The number of thiophene rings is 1. The Morgan fingerprint density at radius 2 is 2.00 bits per heavy atom. The summed E-state index contributed by atoms with van der Waals surface area (Å²) in [6.07, 6.45) is 0.922. The molecule has 18 heavy (non-hydrogen) atoms. The Bertz CT molecular complexity index is 456. The predicted octanol–water partition coefficient (Wildman–Crippen LogP) is 4.65. The fraction of sp³-hybridized carbons (Fsp3) is 0.692. The van der Waals surface area contributed by atoms with E-state index in [1.165, 1.54) is 11.3 Å². The lowest BCUT2D eigenvalue weighted by atomic mass is 9.80. The average molecular weight is 308 g/mol. The third-order valence-corrected chi connectivity index (χ3v) is 5.14. The molecule has 0 spiro atoms. The van der Waals surface area contributed by atoms with Crippen molar-refractivity contribution in [3.8, 4) is 0 Å². The van der Waals surface area contributed by atoms with E-state index in [4.69, 9.17) is 33.7 Å². The summed E-state index contributed by atoms with van der Waals surface area (Å²) in [6.45, 7) is 8.38. The Labute approximate surface area is 122 Å². The van der Waals surface area contributed by atoms with Crippen molar-refractivity contribution in [2.45, 2.75) is 51.4 Å². The molecule has 2 unspecified atom stereocenters. The number of hydrogen-bond acceptors (Lipinski definition) is 3. The first-order valence-corrected chi connectivity index (χ1v) is 7.60. The molecule has 0 amide bonds. The second-order valence-electron chi connectivity index (χ2n) is 6.08. The molecule has 1 saturated heterocycles. The van der Waals surface area contributed by atoms with E-state index in [1.54, 1.807) is 0 Å². The van der Waals surface area contributed by atoms with Crippen LogP contribution >= 0.6 is 34.5 Å². The largest absolute Gasteiger partial charge is 0.369 e. The van der Waals surface area contributed by atoms with Crippen LogP contribution in [-0.2, 0) is 4.74 Å². The van der Waals surface area contributed by atoms with Crippen LogP contribution < -0.4 is 5.73 Å². The van der Waals surface area contributed by atoms with Gasteiger partial charge in [0.1, 0.15) is 0 Å². The lowest BCUT2D eigenvalue weighted by molar-refractivity contribution is -0.0767. The molecule has 2 rings (SSSR count). The van der Waals surface area contributed by atoms with Crippen LogP contribution in [-0.4, -0.2) is 11.2 Å². The van der Waals surface area contributed by atoms with Crippen LogP contribution in [0.1, 0.15) is 45.7 Å². The van der Waals surface area contributed by atoms with Crippen molar-refractivity contribution >= 4 is 34.5 Å². The maximum absolute atomic E-state index is 6.39. The van der Waals surface area contributed by atoms with Gasteiger partial charge in [0.2, 0.25) is 0 Å². The summed E-state index contributed by atoms with van der Waals surface area (Å²) in [6, 6.07) is 1.73. The smallest absolute Gasteiger partial charge is 0.0992 e. The Balaban J connectivity index is 2.29. The first-order valence-electron chi connectivity index (χ1n) is 6.03. The monoisotopic (exact) mass is 307 g/mol. The van der Waals surface area contributed by atoms with Gasteiger partial charge in [-0.15, -0.1) is 11.3 Å². The molecule has 2 atom stereocenters. The second-order valence-corrected chi connectivity index (χ2v) is 8.37. The van der Waals surface area contributed by atoms with Crippen LogP contribution in [0, 0.1) is 5.92 Å². The molecule has 1 aromatic heterocycles. The Kier molecular flexibility index (Phi) is 3.76. The molecule has 1 aliphatic heterocycles. The molecule has 102 valence electrons. The van der Waals surface area contributed by atoms with Crippen LogP contribution in [0.5, 0.6) is 0 Å². The van der Waals surface area contributed by atoms with Gasteiger partial charge in [0.05, 0.1) is 19.9 Å². The van der Waals surface area contributed by atoms with E-state index < -0.39 is 0 Å². The summed E-state index contributed by atoms with van der Waals surface area (Å²) in [4.78, 5) is 0. The first-order chi connectivity index (χ1) is 8.12. The summed E-state index contributed by atoms with van der Waals surface area (Å²) < 4.78 is 7.46. The molecule has 0 bridgehead atoms. The molecule has 1 aliphatic rings. The zero-order valence-electron chi connectivity index (χ0n) is 11.1. The fourth-order valence-corrected chi connectivity index (χ4v) is 4.53. The summed E-state index contributed by atoms with van der Waals surface area (Å²) in [7, 11) is 0. The van der Waals surface area contributed by atoms with Gasteiger partial charge in [-0.2, -0.15) is 0 Å². The van der Waals surface area contributed by atoms with Crippen molar-refractivity contribution < 1.29 is 4.74 Å². The van der Waals surface area contributed by atoms with Crippen molar-refractivity contribution in [1.29, 1.82) is 0 Å². The Morgan fingerprint density at radius 1 is 1.39 bits per heavy atom. The van der Waals surface area contributed by atoms with Gasteiger partial charge in [-0.1, -0.05) is 23.2 Å². The summed E-state index contributed by atoms with van der Waals surface area (Å²) in [5.41, 5.74) is 6.94.